The van der Waals surface area contributed by atoms with Gasteiger partial charge in [0.1, 0.15) is 11.9 Å². The molecule has 1 aliphatic heterocycles. The fourth-order valence-corrected chi connectivity index (χ4v) is 7.40. The van der Waals surface area contributed by atoms with Gasteiger partial charge in [0.2, 0.25) is 5.56 Å². The van der Waals surface area contributed by atoms with Crippen LogP contribution in [-0.4, -0.2) is 65.0 Å². The van der Waals surface area contributed by atoms with E-state index in [1.807, 2.05) is 54.6 Å². The molecule has 0 bridgehead atoms. The van der Waals surface area contributed by atoms with Crippen molar-refractivity contribution in [1.82, 2.24) is 15.2 Å². The number of hydrogen-bond donors (Lipinski definition) is 6. The maximum absolute atomic E-state index is 12.8. The monoisotopic (exact) mass is 751 g/mol. The number of piperidine rings is 1. The van der Waals surface area contributed by atoms with E-state index in [4.69, 9.17) is 4.74 Å². The minimum absolute atomic E-state index is 0.0238. The quantitative estimate of drug-likeness (QED) is 0.0579. The number of aromatic nitrogens is 1. The number of para-hydroxylation sites is 2. The van der Waals surface area contributed by atoms with Gasteiger partial charge in [-0.25, -0.2) is 4.79 Å². The number of pyridine rings is 1. The smallest absolute Gasteiger partial charge is 0.411 e. The van der Waals surface area contributed by atoms with Gasteiger partial charge in [0.25, 0.3) is 0 Å². The van der Waals surface area contributed by atoms with Gasteiger partial charge < -0.3 is 35.5 Å². The van der Waals surface area contributed by atoms with Crippen molar-refractivity contribution in [3.8, 4) is 16.9 Å². The Labute approximate surface area is 327 Å². The number of aromatic hydroxyl groups is 1. The van der Waals surface area contributed by atoms with E-state index in [-0.39, 0.29) is 17.4 Å². The maximum atomic E-state index is 12.8. The summed E-state index contributed by atoms with van der Waals surface area (Å²) in [5.74, 6) is -0.0238. The molecular formula is C46H49N5O5. The minimum Gasteiger partial charge on any atom is -0.506 e. The molecule has 1 aliphatic rings. The molecule has 0 radical (unpaired) electrons. The molecule has 7 rings (SSSR count). The molecule has 2 heterocycles. The van der Waals surface area contributed by atoms with Crippen LogP contribution in [0, 0.1) is 0 Å². The average Bonchev–Trinajstić information content (AvgIpc) is 3.22. The highest BCUT2D eigenvalue weighted by atomic mass is 16.6. The van der Waals surface area contributed by atoms with Crippen molar-refractivity contribution in [2.24, 2.45) is 0 Å². The first-order chi connectivity index (χ1) is 27.4. The fourth-order valence-electron chi connectivity index (χ4n) is 7.40. The number of phenolic OH excluding ortho intramolecular Hbond substituents is 1. The highest BCUT2D eigenvalue weighted by molar-refractivity contribution is 5.91. The van der Waals surface area contributed by atoms with Crippen LogP contribution < -0.4 is 21.5 Å². The molecule has 288 valence electrons. The number of ether oxygens (including phenoxy) is 1. The third kappa shape index (κ3) is 10.0. The number of amides is 1. The van der Waals surface area contributed by atoms with Crippen LogP contribution in [-0.2, 0) is 17.6 Å². The Balaban J connectivity index is 0.817. The molecule has 5 aromatic carbocycles. The summed E-state index contributed by atoms with van der Waals surface area (Å²) in [4.78, 5) is 29.7. The van der Waals surface area contributed by atoms with Crippen LogP contribution in [0.3, 0.4) is 0 Å². The van der Waals surface area contributed by atoms with Crippen molar-refractivity contribution >= 4 is 34.1 Å². The Morgan fingerprint density at radius 3 is 2.36 bits per heavy atom. The molecular weight excluding hydrogens is 703 g/mol. The number of carbonyl (C=O) groups excluding carboxylic acids is 1. The first-order valence-corrected chi connectivity index (χ1v) is 19.4. The molecule has 1 saturated heterocycles. The predicted molar refractivity (Wildman–Crippen MR) is 224 cm³/mol. The summed E-state index contributed by atoms with van der Waals surface area (Å²) in [5, 5.41) is 31.5. The summed E-state index contributed by atoms with van der Waals surface area (Å²) >= 11 is 0. The second-order valence-corrected chi connectivity index (χ2v) is 14.3. The minimum atomic E-state index is -0.794. The van der Waals surface area contributed by atoms with Gasteiger partial charge >= 0.3 is 6.09 Å². The molecule has 10 nitrogen and oxygen atoms in total. The predicted octanol–water partition coefficient (Wildman–Crippen LogP) is 8.16. The first kappa shape index (κ1) is 38.3. The normalized spacial score (nSPS) is 14.0. The number of carbonyl (C=O) groups is 1. The third-order valence-electron chi connectivity index (χ3n) is 10.4. The molecule has 0 spiro atoms. The topological polar surface area (TPSA) is 139 Å². The van der Waals surface area contributed by atoms with Gasteiger partial charge in [0.15, 0.2) is 0 Å². The largest absolute Gasteiger partial charge is 0.506 e. The van der Waals surface area contributed by atoms with Crippen LogP contribution in [0.25, 0.3) is 22.0 Å². The van der Waals surface area contributed by atoms with Crippen molar-refractivity contribution in [1.29, 1.82) is 0 Å². The van der Waals surface area contributed by atoms with Crippen LogP contribution in [0.1, 0.15) is 42.1 Å². The van der Waals surface area contributed by atoms with Gasteiger partial charge in [-0.2, -0.15) is 0 Å². The number of aliphatic hydroxyl groups is 1. The van der Waals surface area contributed by atoms with Gasteiger partial charge in [-0.1, -0.05) is 84.9 Å². The number of H-pyrrole nitrogens is 1. The molecule has 1 aromatic heterocycles. The summed E-state index contributed by atoms with van der Waals surface area (Å²) in [5.41, 5.74) is 8.02. The number of anilines is 3. The van der Waals surface area contributed by atoms with Crippen molar-refractivity contribution in [2.75, 3.05) is 43.4 Å². The number of aromatic amines is 1. The van der Waals surface area contributed by atoms with E-state index in [1.165, 1.54) is 23.3 Å². The van der Waals surface area contributed by atoms with Crippen molar-refractivity contribution in [3.05, 3.63) is 154 Å². The molecule has 1 atom stereocenters. The van der Waals surface area contributed by atoms with Crippen LogP contribution in [0.15, 0.2) is 132 Å². The highest BCUT2D eigenvalue weighted by Gasteiger charge is 2.23. The zero-order chi connectivity index (χ0) is 38.7. The van der Waals surface area contributed by atoms with Gasteiger partial charge in [-0.05, 0) is 104 Å². The molecule has 1 fully saturated rings. The van der Waals surface area contributed by atoms with Crippen molar-refractivity contribution < 1.29 is 19.7 Å². The second kappa shape index (κ2) is 18.6. The molecule has 1 amide bonds. The summed E-state index contributed by atoms with van der Waals surface area (Å²) in [6.45, 7) is 3.82. The number of aliphatic hydroxyl groups excluding tert-OH is 1. The number of phenols is 1. The van der Waals surface area contributed by atoms with Gasteiger partial charge in [0.05, 0.1) is 17.3 Å². The molecule has 6 N–H and O–H groups in total. The fraction of sp³-hybridized carbons (Fsp3) is 0.261. The lowest BCUT2D eigenvalue weighted by Gasteiger charge is -2.31. The van der Waals surface area contributed by atoms with Crippen molar-refractivity contribution in [2.45, 2.75) is 44.3 Å². The molecule has 0 unspecified atom stereocenters. The number of rotatable bonds is 15. The Morgan fingerprint density at radius 1 is 0.821 bits per heavy atom. The molecule has 56 heavy (non-hydrogen) atoms. The lowest BCUT2D eigenvalue weighted by atomic mass is 10.0. The highest BCUT2D eigenvalue weighted by Crippen LogP contribution is 2.30. The standard InChI is InChI=1S/C46H49N5O5/c52-42-22-20-38(39-21-23-44(54)50-45(39)42)43(53)31-47-27-24-32-16-18-35(19-17-32)48-40-14-6-4-11-34(40)12-8-28-51-29-25-36(26-30-51)56-46(55)49-41-15-7-5-13-37(41)33-9-2-1-3-10-33/h1-7,9-11,13-23,36,43,47-48,52-53H,8,12,24-31H2,(H,49,55)(H,50,54)/t43-/m1/s1. The Bertz CT molecular complexity index is 2270. The molecule has 0 aliphatic carbocycles. The summed E-state index contributed by atoms with van der Waals surface area (Å²) in [7, 11) is 0. The Morgan fingerprint density at radius 2 is 1.55 bits per heavy atom. The van der Waals surface area contributed by atoms with Gasteiger partial charge in [-0.3, -0.25) is 10.1 Å². The van der Waals surface area contributed by atoms with E-state index in [0.29, 0.717) is 29.6 Å². The lowest BCUT2D eigenvalue weighted by Crippen LogP contribution is -2.39. The van der Waals surface area contributed by atoms with Crippen LogP contribution >= 0.6 is 0 Å². The summed E-state index contributed by atoms with van der Waals surface area (Å²) < 4.78 is 5.84. The van der Waals surface area contributed by atoms with Crippen molar-refractivity contribution in [3.63, 3.8) is 0 Å². The Kier molecular flexibility index (Phi) is 12.7. The number of nitrogens with zero attached hydrogens (tertiary/aromatic N) is 1. The lowest BCUT2D eigenvalue weighted by molar-refractivity contribution is 0.0587. The Hall–Kier alpha value is -5.94. The van der Waals surface area contributed by atoms with E-state index in [1.54, 1.807) is 12.1 Å². The maximum Gasteiger partial charge on any atom is 0.411 e. The third-order valence-corrected chi connectivity index (χ3v) is 10.4. The molecule has 6 aromatic rings. The van der Waals surface area contributed by atoms with Gasteiger partial charge in [0, 0.05) is 48.0 Å². The van der Waals surface area contributed by atoms with E-state index in [9.17, 15) is 19.8 Å². The number of hydrogen-bond acceptors (Lipinski definition) is 8. The zero-order valence-electron chi connectivity index (χ0n) is 31.4. The van der Waals surface area contributed by atoms with Gasteiger partial charge in [-0.15, -0.1) is 0 Å². The SMILES string of the molecule is O=C(Nc1ccccc1-c1ccccc1)OC1CCN(CCCc2ccccc2Nc2ccc(CCNC[C@@H](O)c3ccc(O)c4[nH]c(=O)ccc34)cc2)CC1. The summed E-state index contributed by atoms with van der Waals surface area (Å²) in [6, 6.07) is 40.9. The van der Waals surface area contributed by atoms with Crippen LogP contribution in [0.4, 0.5) is 21.9 Å². The second-order valence-electron chi connectivity index (χ2n) is 14.3. The molecule has 10 heteroatoms. The van der Waals surface area contributed by atoms with E-state index in [2.05, 4.69) is 74.4 Å². The van der Waals surface area contributed by atoms with Crippen LogP contribution in [0.2, 0.25) is 0 Å². The van der Waals surface area contributed by atoms with Crippen LogP contribution in [0.5, 0.6) is 5.75 Å². The zero-order valence-corrected chi connectivity index (χ0v) is 31.4. The van der Waals surface area contributed by atoms with E-state index >= 15 is 0 Å². The van der Waals surface area contributed by atoms with E-state index < -0.39 is 12.2 Å². The number of fused-ring (bicyclic) bond motifs is 1. The number of benzene rings is 5. The summed E-state index contributed by atoms with van der Waals surface area (Å²) in [6.07, 6.45) is 3.13. The van der Waals surface area contributed by atoms with E-state index in [0.717, 1.165) is 79.9 Å². The number of nitrogens with one attached hydrogen (secondary N) is 4. The average molecular weight is 752 g/mol. The number of aryl methyl sites for hydroxylation is 1. The first-order valence-electron chi connectivity index (χ1n) is 19.4. The molecule has 0 saturated carbocycles. The number of likely N-dealkylation sites (tertiary alicyclic amines) is 1.